The third-order valence-corrected chi connectivity index (χ3v) is 4.42. The van der Waals surface area contributed by atoms with Crippen molar-refractivity contribution in [3.63, 3.8) is 0 Å². The second-order valence-corrected chi connectivity index (χ2v) is 6.05. The first kappa shape index (κ1) is 22.1. The Bertz CT molecular complexity index is 500. The summed E-state index contributed by atoms with van der Waals surface area (Å²) in [6, 6.07) is 0.483. The molecule has 1 aliphatic rings. The molecule has 1 saturated heterocycles. The van der Waals surface area contributed by atoms with Crippen molar-refractivity contribution in [3.8, 4) is 0 Å². The first-order valence-corrected chi connectivity index (χ1v) is 8.82. The summed E-state index contributed by atoms with van der Waals surface area (Å²) in [6.45, 7) is 7.79. The monoisotopic (exact) mass is 465 g/mol. The van der Waals surface area contributed by atoms with Crippen LogP contribution in [0.1, 0.15) is 25.6 Å². The van der Waals surface area contributed by atoms with Crippen LogP contribution in [0.2, 0.25) is 0 Å². The molecule has 144 valence electrons. The summed E-state index contributed by atoms with van der Waals surface area (Å²) in [7, 11) is 3.58. The van der Waals surface area contributed by atoms with E-state index < -0.39 is 0 Å². The molecule has 9 heteroatoms. The predicted molar refractivity (Wildman–Crippen MR) is 111 cm³/mol. The van der Waals surface area contributed by atoms with Crippen molar-refractivity contribution >= 4 is 29.9 Å². The van der Waals surface area contributed by atoms with Crippen LogP contribution in [-0.2, 0) is 17.7 Å². The highest BCUT2D eigenvalue weighted by molar-refractivity contribution is 14.0. The van der Waals surface area contributed by atoms with Crippen LogP contribution in [0.5, 0.6) is 0 Å². The molecule has 1 aromatic rings. The number of piperidine rings is 1. The minimum atomic E-state index is 0. The standard InChI is InChI=1S/C16H31N7O.HI/c1-4-15-21-19-13-23(15)10-7-18-16(17-2)20-14-5-8-22(9-6-14)11-12-24-3;/h13-14H,4-12H2,1-3H3,(H2,17,18,20);1H. The maximum absolute atomic E-state index is 5.15. The number of hydrogen-bond donors (Lipinski definition) is 2. The topological polar surface area (TPSA) is 79.6 Å². The number of halogens is 1. The lowest BCUT2D eigenvalue weighted by Crippen LogP contribution is -2.49. The van der Waals surface area contributed by atoms with E-state index >= 15 is 0 Å². The number of guanidine groups is 1. The zero-order valence-corrected chi connectivity index (χ0v) is 17.9. The predicted octanol–water partition coefficient (Wildman–Crippen LogP) is 0.734. The number of likely N-dealkylation sites (tertiary alicyclic amines) is 1. The smallest absolute Gasteiger partial charge is 0.191 e. The molecule has 0 spiro atoms. The second kappa shape index (κ2) is 12.4. The van der Waals surface area contributed by atoms with Gasteiger partial charge in [-0.15, -0.1) is 34.2 Å². The van der Waals surface area contributed by atoms with E-state index in [9.17, 15) is 0 Å². The van der Waals surface area contributed by atoms with Gasteiger partial charge in [0.15, 0.2) is 5.96 Å². The Kier molecular flexibility index (Phi) is 11.0. The Labute approximate surface area is 167 Å². The lowest BCUT2D eigenvalue weighted by Gasteiger charge is -2.32. The van der Waals surface area contributed by atoms with E-state index in [1.54, 1.807) is 13.4 Å². The lowest BCUT2D eigenvalue weighted by molar-refractivity contribution is 0.128. The van der Waals surface area contributed by atoms with Crippen LogP contribution in [0.15, 0.2) is 11.3 Å². The molecular formula is C16H32IN7O. The molecule has 2 N–H and O–H groups in total. The minimum Gasteiger partial charge on any atom is -0.383 e. The molecule has 2 heterocycles. The fourth-order valence-corrected chi connectivity index (χ4v) is 2.94. The van der Waals surface area contributed by atoms with Crippen molar-refractivity contribution in [1.82, 2.24) is 30.3 Å². The van der Waals surface area contributed by atoms with Crippen molar-refractivity contribution in [2.45, 2.75) is 38.8 Å². The minimum absolute atomic E-state index is 0. The number of ether oxygens (including phenoxy) is 1. The van der Waals surface area contributed by atoms with Crippen LogP contribution in [0.25, 0.3) is 0 Å². The molecule has 1 fully saturated rings. The van der Waals surface area contributed by atoms with Crippen LogP contribution in [0, 0.1) is 0 Å². The number of rotatable bonds is 8. The second-order valence-electron chi connectivity index (χ2n) is 6.05. The fourth-order valence-electron chi connectivity index (χ4n) is 2.94. The number of aromatic nitrogens is 3. The molecule has 0 aliphatic carbocycles. The molecule has 0 bridgehead atoms. The van der Waals surface area contributed by atoms with E-state index in [1.165, 1.54) is 0 Å². The molecule has 0 aromatic carbocycles. The third-order valence-electron chi connectivity index (χ3n) is 4.42. The number of hydrogen-bond acceptors (Lipinski definition) is 5. The van der Waals surface area contributed by atoms with Crippen LogP contribution in [0.3, 0.4) is 0 Å². The summed E-state index contributed by atoms with van der Waals surface area (Å²) in [5, 5.41) is 15.0. The van der Waals surface area contributed by atoms with E-state index in [0.29, 0.717) is 6.04 Å². The van der Waals surface area contributed by atoms with Gasteiger partial charge in [0.05, 0.1) is 6.61 Å². The van der Waals surface area contributed by atoms with Gasteiger partial charge in [-0.3, -0.25) is 4.99 Å². The number of aliphatic imine (C=N–C) groups is 1. The van der Waals surface area contributed by atoms with E-state index in [4.69, 9.17) is 4.74 Å². The van der Waals surface area contributed by atoms with Crippen molar-refractivity contribution < 1.29 is 4.74 Å². The molecule has 8 nitrogen and oxygen atoms in total. The normalized spacial score (nSPS) is 16.5. The average Bonchev–Trinajstić information content (AvgIpc) is 3.07. The van der Waals surface area contributed by atoms with Crippen molar-refractivity contribution in [1.29, 1.82) is 0 Å². The highest BCUT2D eigenvalue weighted by Gasteiger charge is 2.19. The Morgan fingerprint density at radius 1 is 1.36 bits per heavy atom. The molecule has 0 atom stereocenters. The first-order valence-electron chi connectivity index (χ1n) is 8.82. The van der Waals surface area contributed by atoms with E-state index in [2.05, 4.69) is 42.2 Å². The van der Waals surface area contributed by atoms with E-state index in [0.717, 1.165) is 70.4 Å². The van der Waals surface area contributed by atoms with Gasteiger partial charge in [-0.05, 0) is 12.8 Å². The number of aryl methyl sites for hydroxylation is 1. The van der Waals surface area contributed by atoms with Crippen LogP contribution in [-0.4, -0.2) is 78.6 Å². The molecule has 25 heavy (non-hydrogen) atoms. The summed E-state index contributed by atoms with van der Waals surface area (Å²) in [5.74, 6) is 1.89. The highest BCUT2D eigenvalue weighted by Crippen LogP contribution is 2.09. The average molecular weight is 465 g/mol. The van der Waals surface area contributed by atoms with Gasteiger partial charge in [0, 0.05) is 59.3 Å². The van der Waals surface area contributed by atoms with Gasteiger partial charge in [-0.1, -0.05) is 6.92 Å². The van der Waals surface area contributed by atoms with Crippen molar-refractivity contribution in [2.75, 3.05) is 46.9 Å². The third kappa shape index (κ3) is 7.45. The molecule has 1 aromatic heterocycles. The Balaban J connectivity index is 0.00000312. The summed E-state index contributed by atoms with van der Waals surface area (Å²) in [4.78, 5) is 6.79. The molecule has 0 radical (unpaired) electrons. The fraction of sp³-hybridized carbons (Fsp3) is 0.812. The lowest BCUT2D eigenvalue weighted by atomic mass is 10.1. The maximum Gasteiger partial charge on any atom is 0.191 e. The van der Waals surface area contributed by atoms with E-state index in [-0.39, 0.29) is 24.0 Å². The summed E-state index contributed by atoms with van der Waals surface area (Å²) < 4.78 is 7.23. The van der Waals surface area contributed by atoms with E-state index in [1.807, 2.05) is 7.05 Å². The molecule has 0 amide bonds. The van der Waals surface area contributed by atoms with Crippen molar-refractivity contribution in [2.24, 2.45) is 4.99 Å². The van der Waals surface area contributed by atoms with Crippen LogP contribution >= 0.6 is 24.0 Å². The molecule has 2 rings (SSSR count). The summed E-state index contributed by atoms with van der Waals surface area (Å²) in [5.41, 5.74) is 0. The number of methoxy groups -OCH3 is 1. The highest BCUT2D eigenvalue weighted by atomic mass is 127. The molecule has 1 aliphatic heterocycles. The zero-order chi connectivity index (χ0) is 17.2. The Morgan fingerprint density at radius 3 is 2.76 bits per heavy atom. The number of nitrogens with one attached hydrogen (secondary N) is 2. The van der Waals surface area contributed by atoms with Gasteiger partial charge in [0.2, 0.25) is 0 Å². The van der Waals surface area contributed by atoms with Crippen LogP contribution < -0.4 is 10.6 Å². The zero-order valence-electron chi connectivity index (χ0n) is 15.6. The quantitative estimate of drug-likeness (QED) is 0.335. The Morgan fingerprint density at radius 2 is 2.12 bits per heavy atom. The molecule has 0 saturated carbocycles. The largest absolute Gasteiger partial charge is 0.383 e. The van der Waals surface area contributed by atoms with Gasteiger partial charge in [0.1, 0.15) is 12.2 Å². The first-order chi connectivity index (χ1) is 11.8. The van der Waals surface area contributed by atoms with Gasteiger partial charge in [0.25, 0.3) is 0 Å². The Hall–Kier alpha value is -0.940. The summed E-state index contributed by atoms with van der Waals surface area (Å²) >= 11 is 0. The van der Waals surface area contributed by atoms with Crippen molar-refractivity contribution in [3.05, 3.63) is 12.2 Å². The van der Waals surface area contributed by atoms with Gasteiger partial charge in [-0.2, -0.15) is 0 Å². The number of nitrogens with zero attached hydrogens (tertiary/aromatic N) is 5. The van der Waals surface area contributed by atoms with Gasteiger partial charge in [-0.25, -0.2) is 0 Å². The SMILES string of the molecule is CCc1nncn1CCNC(=NC)NC1CCN(CCOC)CC1.I. The maximum atomic E-state index is 5.15. The van der Waals surface area contributed by atoms with Gasteiger partial charge < -0.3 is 24.8 Å². The van der Waals surface area contributed by atoms with Crippen LogP contribution in [0.4, 0.5) is 0 Å². The molecule has 0 unspecified atom stereocenters. The molecular weight excluding hydrogens is 433 g/mol. The summed E-state index contributed by atoms with van der Waals surface area (Å²) in [6.07, 6.45) is 4.95. The van der Waals surface area contributed by atoms with Gasteiger partial charge >= 0.3 is 0 Å².